The van der Waals surface area contributed by atoms with Crippen molar-refractivity contribution in [3.63, 3.8) is 0 Å². The van der Waals surface area contributed by atoms with Crippen molar-refractivity contribution in [2.75, 3.05) is 19.8 Å². The summed E-state index contributed by atoms with van der Waals surface area (Å²) in [6, 6.07) is 3.86. The highest BCUT2D eigenvalue weighted by molar-refractivity contribution is 5.78. The van der Waals surface area contributed by atoms with E-state index < -0.39 is 11.6 Å². The van der Waals surface area contributed by atoms with Crippen LogP contribution in [-0.2, 0) is 16.1 Å². The Hall–Kier alpha value is -1.53. The molecule has 0 spiro atoms. The maximum atomic E-state index is 13.0. The van der Waals surface area contributed by atoms with Crippen LogP contribution in [0.1, 0.15) is 18.4 Å². The third-order valence-corrected chi connectivity index (χ3v) is 3.19. The van der Waals surface area contributed by atoms with Gasteiger partial charge in [-0.2, -0.15) is 0 Å². The number of amides is 1. The molecular formula is C14H18F2N2O2. The highest BCUT2D eigenvalue weighted by Crippen LogP contribution is 2.08. The van der Waals surface area contributed by atoms with Crippen LogP contribution in [0.2, 0.25) is 0 Å². The Labute approximate surface area is 116 Å². The first-order valence-corrected chi connectivity index (χ1v) is 6.67. The van der Waals surface area contributed by atoms with Crippen molar-refractivity contribution >= 4 is 5.91 Å². The van der Waals surface area contributed by atoms with Crippen LogP contribution in [0.4, 0.5) is 8.78 Å². The Kier molecular flexibility index (Phi) is 5.43. The summed E-state index contributed by atoms with van der Waals surface area (Å²) in [5.74, 6) is -1.85. The Bertz CT molecular complexity index is 462. The largest absolute Gasteiger partial charge is 0.381 e. The fourth-order valence-electron chi connectivity index (χ4n) is 2.09. The quantitative estimate of drug-likeness (QED) is 0.858. The number of ether oxygens (including phenoxy) is 1. The minimum absolute atomic E-state index is 0.0977. The average Bonchev–Trinajstić information content (AvgIpc) is 2.44. The third-order valence-electron chi connectivity index (χ3n) is 3.19. The van der Waals surface area contributed by atoms with E-state index in [-0.39, 0.29) is 18.5 Å². The highest BCUT2D eigenvalue weighted by atomic mass is 19.2. The highest BCUT2D eigenvalue weighted by Gasteiger charge is 2.15. The molecule has 1 amide bonds. The lowest BCUT2D eigenvalue weighted by Gasteiger charge is -2.23. The van der Waals surface area contributed by atoms with Crippen LogP contribution in [-0.4, -0.2) is 31.7 Å². The van der Waals surface area contributed by atoms with Crippen molar-refractivity contribution in [3.05, 3.63) is 35.4 Å². The van der Waals surface area contributed by atoms with E-state index >= 15 is 0 Å². The summed E-state index contributed by atoms with van der Waals surface area (Å²) in [7, 11) is 0. The van der Waals surface area contributed by atoms with Gasteiger partial charge in [-0.25, -0.2) is 8.78 Å². The summed E-state index contributed by atoms with van der Waals surface area (Å²) in [5, 5.41) is 5.82. The first kappa shape index (κ1) is 14.9. The molecule has 4 nitrogen and oxygen atoms in total. The summed E-state index contributed by atoms with van der Waals surface area (Å²) in [6.07, 6.45) is 1.66. The van der Waals surface area contributed by atoms with Crippen molar-refractivity contribution in [2.45, 2.75) is 25.4 Å². The van der Waals surface area contributed by atoms with E-state index in [9.17, 15) is 13.6 Å². The molecule has 0 aromatic heterocycles. The third kappa shape index (κ3) is 4.54. The smallest absolute Gasteiger partial charge is 0.234 e. The van der Waals surface area contributed by atoms with Crippen LogP contribution in [0.15, 0.2) is 18.2 Å². The Morgan fingerprint density at radius 1 is 1.25 bits per heavy atom. The van der Waals surface area contributed by atoms with Gasteiger partial charge in [-0.1, -0.05) is 6.07 Å². The molecule has 0 unspecified atom stereocenters. The van der Waals surface area contributed by atoms with E-state index in [1.807, 2.05) is 0 Å². The van der Waals surface area contributed by atoms with E-state index in [2.05, 4.69) is 10.6 Å². The second-order valence-electron chi connectivity index (χ2n) is 4.81. The van der Waals surface area contributed by atoms with Gasteiger partial charge in [-0.3, -0.25) is 4.79 Å². The molecule has 2 rings (SSSR count). The van der Waals surface area contributed by atoms with Gasteiger partial charge in [0.05, 0.1) is 6.54 Å². The number of benzene rings is 1. The van der Waals surface area contributed by atoms with E-state index in [1.165, 1.54) is 6.07 Å². The maximum absolute atomic E-state index is 13.0. The molecule has 1 saturated heterocycles. The molecule has 1 aliphatic heterocycles. The second kappa shape index (κ2) is 7.31. The van der Waals surface area contributed by atoms with Crippen molar-refractivity contribution in [1.82, 2.24) is 10.6 Å². The molecule has 6 heteroatoms. The number of carbonyl (C=O) groups excluding carboxylic acids is 1. The summed E-state index contributed by atoms with van der Waals surface area (Å²) in [6.45, 7) is 1.81. The van der Waals surface area contributed by atoms with Gasteiger partial charge < -0.3 is 15.4 Å². The van der Waals surface area contributed by atoms with Crippen LogP contribution >= 0.6 is 0 Å². The van der Waals surface area contributed by atoms with Gasteiger partial charge in [0.15, 0.2) is 11.6 Å². The zero-order chi connectivity index (χ0) is 14.4. The monoisotopic (exact) mass is 284 g/mol. The molecule has 1 fully saturated rings. The molecule has 0 radical (unpaired) electrons. The van der Waals surface area contributed by atoms with Gasteiger partial charge in [-0.15, -0.1) is 0 Å². The molecule has 0 aliphatic carbocycles. The second-order valence-corrected chi connectivity index (χ2v) is 4.81. The van der Waals surface area contributed by atoms with E-state index in [0.29, 0.717) is 25.3 Å². The minimum atomic E-state index is -0.879. The fraction of sp³-hybridized carbons (Fsp3) is 0.500. The van der Waals surface area contributed by atoms with Gasteiger partial charge in [0.1, 0.15) is 0 Å². The summed E-state index contributed by atoms with van der Waals surface area (Å²) < 4.78 is 30.9. The summed E-state index contributed by atoms with van der Waals surface area (Å²) in [5.41, 5.74) is 0.600. The molecule has 1 aromatic rings. The predicted octanol–water partition coefficient (Wildman–Crippen LogP) is 1.35. The standard InChI is InChI=1S/C14H18F2N2O2/c15-12-2-1-10(7-13(12)16)8-17-9-14(19)18-11-3-5-20-6-4-11/h1-2,7,11,17H,3-6,8-9H2,(H,18,19). The normalized spacial score (nSPS) is 16.1. The lowest BCUT2D eigenvalue weighted by Crippen LogP contribution is -2.42. The van der Waals surface area contributed by atoms with E-state index in [1.54, 1.807) is 0 Å². The van der Waals surface area contributed by atoms with E-state index in [0.717, 1.165) is 25.0 Å². The average molecular weight is 284 g/mol. The predicted molar refractivity (Wildman–Crippen MR) is 70.0 cm³/mol. The zero-order valence-corrected chi connectivity index (χ0v) is 11.1. The van der Waals surface area contributed by atoms with Crippen molar-refractivity contribution in [2.24, 2.45) is 0 Å². The Morgan fingerprint density at radius 2 is 2.00 bits per heavy atom. The van der Waals surface area contributed by atoms with Gasteiger partial charge in [0.2, 0.25) is 5.91 Å². The first-order valence-electron chi connectivity index (χ1n) is 6.67. The molecule has 1 heterocycles. The number of hydrogen-bond donors (Lipinski definition) is 2. The molecule has 0 bridgehead atoms. The number of rotatable bonds is 5. The lowest BCUT2D eigenvalue weighted by atomic mass is 10.1. The number of hydrogen-bond acceptors (Lipinski definition) is 3. The maximum Gasteiger partial charge on any atom is 0.234 e. The molecule has 110 valence electrons. The lowest BCUT2D eigenvalue weighted by molar-refractivity contribution is -0.121. The van der Waals surface area contributed by atoms with Gasteiger partial charge in [-0.05, 0) is 30.5 Å². The van der Waals surface area contributed by atoms with Crippen LogP contribution in [0.25, 0.3) is 0 Å². The Morgan fingerprint density at radius 3 is 2.70 bits per heavy atom. The molecule has 0 saturated carbocycles. The SMILES string of the molecule is O=C(CNCc1ccc(F)c(F)c1)NC1CCOCC1. The van der Waals surface area contributed by atoms with Crippen molar-refractivity contribution in [1.29, 1.82) is 0 Å². The van der Waals surface area contributed by atoms with Gasteiger partial charge in [0, 0.05) is 25.8 Å². The molecule has 1 aromatic carbocycles. The molecule has 20 heavy (non-hydrogen) atoms. The van der Waals surface area contributed by atoms with Crippen LogP contribution in [0, 0.1) is 11.6 Å². The summed E-state index contributed by atoms with van der Waals surface area (Å²) in [4.78, 5) is 11.7. The molecular weight excluding hydrogens is 266 g/mol. The van der Waals surface area contributed by atoms with Crippen molar-refractivity contribution < 1.29 is 18.3 Å². The summed E-state index contributed by atoms with van der Waals surface area (Å²) >= 11 is 0. The van der Waals surface area contributed by atoms with Gasteiger partial charge in [0.25, 0.3) is 0 Å². The number of nitrogens with one attached hydrogen (secondary N) is 2. The molecule has 0 atom stereocenters. The number of carbonyl (C=O) groups is 1. The molecule has 1 aliphatic rings. The van der Waals surface area contributed by atoms with E-state index in [4.69, 9.17) is 4.74 Å². The topological polar surface area (TPSA) is 50.4 Å². The fourth-order valence-corrected chi connectivity index (χ4v) is 2.09. The van der Waals surface area contributed by atoms with Crippen LogP contribution in [0.3, 0.4) is 0 Å². The minimum Gasteiger partial charge on any atom is -0.381 e. The van der Waals surface area contributed by atoms with Crippen LogP contribution < -0.4 is 10.6 Å². The molecule has 2 N–H and O–H groups in total. The Balaban J connectivity index is 1.69. The zero-order valence-electron chi connectivity index (χ0n) is 11.1. The number of halogens is 2. The van der Waals surface area contributed by atoms with Gasteiger partial charge >= 0.3 is 0 Å². The first-order chi connectivity index (χ1) is 9.65. The van der Waals surface area contributed by atoms with Crippen LogP contribution in [0.5, 0.6) is 0 Å². The van der Waals surface area contributed by atoms with Crippen molar-refractivity contribution in [3.8, 4) is 0 Å².